The summed E-state index contributed by atoms with van der Waals surface area (Å²) in [4.78, 5) is 35.3. The van der Waals surface area contributed by atoms with Gasteiger partial charge in [0.2, 0.25) is 0 Å². The largest absolute Gasteiger partial charge is 0.481 e. The van der Waals surface area contributed by atoms with Crippen molar-refractivity contribution in [3.05, 3.63) is 52.2 Å². The molecule has 6 nitrogen and oxygen atoms in total. The van der Waals surface area contributed by atoms with E-state index in [0.717, 1.165) is 19.3 Å². The van der Waals surface area contributed by atoms with Crippen molar-refractivity contribution >= 4 is 34.8 Å². The van der Waals surface area contributed by atoms with E-state index in [1.54, 1.807) is 30.3 Å². The summed E-state index contributed by atoms with van der Waals surface area (Å²) in [5.41, 5.74) is 1.06. The topological polar surface area (TPSA) is 95.5 Å². The van der Waals surface area contributed by atoms with Crippen molar-refractivity contribution in [3.63, 3.8) is 0 Å². The van der Waals surface area contributed by atoms with E-state index >= 15 is 0 Å². The molecule has 1 aromatic heterocycles. The molecular weight excluding hydrogens is 352 g/mol. The average Bonchev–Trinajstić information content (AvgIpc) is 3.15. The Morgan fingerprint density at radius 1 is 0.962 bits per heavy atom. The van der Waals surface area contributed by atoms with Crippen molar-refractivity contribution in [2.45, 2.75) is 32.1 Å². The number of nitrogens with one attached hydrogen (secondary N) is 2. The molecular formula is C19H22N2O4S. The Hall–Kier alpha value is -2.67. The zero-order chi connectivity index (χ0) is 18.8. The first-order chi connectivity index (χ1) is 12.6. The number of carbonyl (C=O) groups is 3. The Bertz CT molecular complexity index is 744. The predicted octanol–water partition coefficient (Wildman–Crippen LogP) is 3.77. The molecule has 0 bridgehead atoms. The van der Waals surface area contributed by atoms with Crippen molar-refractivity contribution < 1.29 is 19.5 Å². The summed E-state index contributed by atoms with van der Waals surface area (Å²) in [6, 6.07) is 10.4. The number of carboxylic acid groups (broad SMARTS) is 1. The van der Waals surface area contributed by atoms with Crippen molar-refractivity contribution in [2.24, 2.45) is 0 Å². The summed E-state index contributed by atoms with van der Waals surface area (Å²) >= 11 is 1.36. The number of anilines is 1. The third kappa shape index (κ3) is 6.68. The first-order valence-corrected chi connectivity index (χ1v) is 9.39. The van der Waals surface area contributed by atoms with Crippen LogP contribution in [0.2, 0.25) is 0 Å². The van der Waals surface area contributed by atoms with Gasteiger partial charge >= 0.3 is 5.97 Å². The number of hydrogen-bond acceptors (Lipinski definition) is 4. The van der Waals surface area contributed by atoms with Gasteiger partial charge in [-0.1, -0.05) is 25.0 Å². The number of aliphatic carboxylic acids is 1. The van der Waals surface area contributed by atoms with E-state index in [1.807, 2.05) is 11.4 Å². The van der Waals surface area contributed by atoms with E-state index in [9.17, 15) is 14.4 Å². The highest BCUT2D eigenvalue weighted by Crippen LogP contribution is 2.15. The van der Waals surface area contributed by atoms with Gasteiger partial charge in [-0.2, -0.15) is 0 Å². The molecule has 0 aliphatic carbocycles. The molecule has 0 atom stereocenters. The molecule has 2 aromatic rings. The Labute approximate surface area is 156 Å². The van der Waals surface area contributed by atoms with E-state index in [2.05, 4.69) is 10.6 Å². The van der Waals surface area contributed by atoms with Crippen LogP contribution >= 0.6 is 11.3 Å². The molecule has 3 N–H and O–H groups in total. The van der Waals surface area contributed by atoms with Crippen molar-refractivity contribution in [1.29, 1.82) is 0 Å². The van der Waals surface area contributed by atoms with E-state index in [-0.39, 0.29) is 18.2 Å². The average molecular weight is 374 g/mol. The van der Waals surface area contributed by atoms with Crippen LogP contribution in [0.25, 0.3) is 0 Å². The van der Waals surface area contributed by atoms with Crippen LogP contribution in [0.15, 0.2) is 41.8 Å². The molecule has 0 unspecified atom stereocenters. The molecule has 2 amide bonds. The van der Waals surface area contributed by atoms with Crippen LogP contribution in [0.5, 0.6) is 0 Å². The molecule has 0 saturated carbocycles. The summed E-state index contributed by atoms with van der Waals surface area (Å²) in [6.45, 7) is 0.539. The number of amides is 2. The molecule has 7 heteroatoms. The summed E-state index contributed by atoms with van der Waals surface area (Å²) < 4.78 is 0. The number of benzene rings is 1. The van der Waals surface area contributed by atoms with Crippen molar-refractivity contribution in [3.8, 4) is 0 Å². The van der Waals surface area contributed by atoms with Crippen molar-refractivity contribution in [2.75, 3.05) is 11.9 Å². The van der Waals surface area contributed by atoms with Gasteiger partial charge in [0.15, 0.2) is 0 Å². The molecule has 0 saturated heterocycles. The van der Waals surface area contributed by atoms with Gasteiger partial charge in [-0.25, -0.2) is 0 Å². The van der Waals surface area contributed by atoms with Gasteiger partial charge in [-0.3, -0.25) is 14.4 Å². The zero-order valence-corrected chi connectivity index (χ0v) is 15.2. The summed E-state index contributed by atoms with van der Waals surface area (Å²) in [5, 5.41) is 16.0. The molecule has 1 aromatic carbocycles. The number of unbranched alkanes of at least 4 members (excludes halogenated alkanes) is 3. The Morgan fingerprint density at radius 2 is 1.77 bits per heavy atom. The SMILES string of the molecule is O=C(O)CCCCCCNC(=O)c1cccc(NC(=O)c2cccs2)c1. The monoisotopic (exact) mass is 374 g/mol. The highest BCUT2D eigenvalue weighted by Gasteiger charge is 2.09. The Kier molecular flexibility index (Phi) is 7.82. The minimum absolute atomic E-state index is 0.191. The van der Waals surface area contributed by atoms with E-state index in [1.165, 1.54) is 11.3 Å². The lowest BCUT2D eigenvalue weighted by atomic mass is 10.1. The molecule has 0 radical (unpaired) electrons. The number of rotatable bonds is 10. The van der Waals surface area contributed by atoms with Crippen LogP contribution in [0.4, 0.5) is 5.69 Å². The number of carbonyl (C=O) groups excluding carboxylic acids is 2. The highest BCUT2D eigenvalue weighted by molar-refractivity contribution is 7.12. The smallest absolute Gasteiger partial charge is 0.303 e. The molecule has 2 rings (SSSR count). The maximum Gasteiger partial charge on any atom is 0.303 e. The van der Waals surface area contributed by atoms with Crippen LogP contribution < -0.4 is 10.6 Å². The van der Waals surface area contributed by atoms with Gasteiger partial charge < -0.3 is 15.7 Å². The fraction of sp³-hybridized carbons (Fsp3) is 0.316. The normalized spacial score (nSPS) is 10.3. The molecule has 0 aliphatic heterocycles. The minimum atomic E-state index is -0.774. The number of carboxylic acids is 1. The Balaban J connectivity index is 1.75. The lowest BCUT2D eigenvalue weighted by Gasteiger charge is -2.08. The second kappa shape index (κ2) is 10.4. The van der Waals surface area contributed by atoms with Crippen LogP contribution in [-0.2, 0) is 4.79 Å². The molecule has 0 aliphatic rings. The lowest BCUT2D eigenvalue weighted by molar-refractivity contribution is -0.137. The van der Waals surface area contributed by atoms with Crippen LogP contribution in [0.3, 0.4) is 0 Å². The van der Waals surface area contributed by atoms with E-state index < -0.39 is 5.97 Å². The maximum atomic E-state index is 12.2. The quantitative estimate of drug-likeness (QED) is 0.552. The van der Waals surface area contributed by atoms with Crippen LogP contribution in [0, 0.1) is 0 Å². The minimum Gasteiger partial charge on any atom is -0.481 e. The Morgan fingerprint density at radius 3 is 2.50 bits per heavy atom. The van der Waals surface area contributed by atoms with E-state index in [4.69, 9.17) is 5.11 Å². The lowest BCUT2D eigenvalue weighted by Crippen LogP contribution is -2.24. The first kappa shape index (κ1) is 19.7. The third-order valence-electron chi connectivity index (χ3n) is 3.73. The standard InChI is InChI=1S/C19H22N2O4S/c22-17(23)10-3-1-2-4-11-20-18(24)14-7-5-8-15(13-14)21-19(25)16-9-6-12-26-16/h5-9,12-13H,1-4,10-11H2,(H,20,24)(H,21,25)(H,22,23). The molecule has 138 valence electrons. The fourth-order valence-corrected chi connectivity index (χ4v) is 3.02. The molecule has 0 fully saturated rings. The molecule has 26 heavy (non-hydrogen) atoms. The highest BCUT2D eigenvalue weighted by atomic mass is 32.1. The first-order valence-electron chi connectivity index (χ1n) is 8.51. The van der Waals surface area contributed by atoms with Gasteiger partial charge in [0.1, 0.15) is 0 Å². The van der Waals surface area contributed by atoms with Crippen LogP contribution in [-0.4, -0.2) is 29.4 Å². The third-order valence-corrected chi connectivity index (χ3v) is 4.60. The zero-order valence-electron chi connectivity index (χ0n) is 14.4. The number of hydrogen-bond donors (Lipinski definition) is 3. The van der Waals surface area contributed by atoms with Gasteiger partial charge in [0.05, 0.1) is 4.88 Å². The van der Waals surface area contributed by atoms with Gasteiger partial charge in [-0.05, 0) is 42.5 Å². The molecule has 1 heterocycles. The summed E-state index contributed by atoms with van der Waals surface area (Å²) in [6.07, 6.45) is 3.38. The van der Waals surface area contributed by atoms with Crippen molar-refractivity contribution in [1.82, 2.24) is 5.32 Å². The summed E-state index contributed by atoms with van der Waals surface area (Å²) in [5.74, 6) is -1.16. The van der Waals surface area contributed by atoms with Gasteiger partial charge in [-0.15, -0.1) is 11.3 Å². The second-order valence-electron chi connectivity index (χ2n) is 5.83. The molecule has 0 spiro atoms. The van der Waals surface area contributed by atoms with Gasteiger partial charge in [0.25, 0.3) is 11.8 Å². The fourth-order valence-electron chi connectivity index (χ4n) is 2.40. The van der Waals surface area contributed by atoms with Gasteiger partial charge in [0, 0.05) is 24.2 Å². The van der Waals surface area contributed by atoms with Crippen LogP contribution in [0.1, 0.15) is 52.1 Å². The number of thiophene rings is 1. The van der Waals surface area contributed by atoms with E-state index in [0.29, 0.717) is 29.1 Å². The second-order valence-corrected chi connectivity index (χ2v) is 6.77. The maximum absolute atomic E-state index is 12.2. The summed E-state index contributed by atoms with van der Waals surface area (Å²) in [7, 11) is 0. The predicted molar refractivity (Wildman–Crippen MR) is 102 cm³/mol.